The molecule has 0 bridgehead atoms. The zero-order valence-electron chi connectivity index (χ0n) is 12.5. The molecule has 1 aromatic rings. The van der Waals surface area contributed by atoms with Gasteiger partial charge in [0.05, 0.1) is 17.9 Å². The van der Waals surface area contributed by atoms with Crippen LogP contribution < -0.4 is 10.1 Å². The number of hydrogen-bond acceptors (Lipinski definition) is 3. The Labute approximate surface area is 139 Å². The number of rotatable bonds is 6. The van der Waals surface area contributed by atoms with E-state index in [-0.39, 0.29) is 17.2 Å². The number of ether oxygens (including phenoxy) is 1. The minimum atomic E-state index is -0.00463. The first-order valence-electron chi connectivity index (χ1n) is 7.46. The molecule has 116 valence electrons. The second-order valence-electron chi connectivity index (χ2n) is 5.25. The normalized spacial score (nSPS) is 18.5. The quantitative estimate of drug-likeness (QED) is 0.757. The van der Waals surface area contributed by atoms with Crippen molar-refractivity contribution in [2.45, 2.75) is 44.4 Å². The van der Waals surface area contributed by atoms with Crippen LogP contribution in [-0.2, 0) is 4.79 Å². The van der Waals surface area contributed by atoms with Gasteiger partial charge in [0.15, 0.2) is 0 Å². The highest BCUT2D eigenvalue weighted by Gasteiger charge is 2.25. The summed E-state index contributed by atoms with van der Waals surface area (Å²) in [4.78, 5) is 12.3. The summed E-state index contributed by atoms with van der Waals surface area (Å²) in [6.07, 6.45) is 3.15. The first kappa shape index (κ1) is 16.7. The molecule has 0 aliphatic carbocycles. The predicted octanol–water partition coefficient (Wildman–Crippen LogP) is 4.31. The summed E-state index contributed by atoms with van der Waals surface area (Å²) in [5.74, 6) is 2.04. The molecule has 1 aliphatic heterocycles. The number of benzene rings is 1. The van der Waals surface area contributed by atoms with E-state index >= 15 is 0 Å². The maximum atomic E-state index is 12.3. The van der Waals surface area contributed by atoms with Gasteiger partial charge in [-0.25, -0.2) is 0 Å². The average molecular weight is 372 g/mol. The second-order valence-corrected chi connectivity index (χ2v) is 7.61. The van der Waals surface area contributed by atoms with Crippen molar-refractivity contribution in [3.05, 3.63) is 28.2 Å². The Hall–Kier alpha value is -0.680. The Morgan fingerprint density at radius 2 is 2.38 bits per heavy atom. The highest BCUT2D eigenvalue weighted by atomic mass is 79.9. The van der Waals surface area contributed by atoms with Gasteiger partial charge in [-0.15, -0.1) is 11.8 Å². The van der Waals surface area contributed by atoms with Crippen LogP contribution >= 0.6 is 27.7 Å². The number of thioether (sulfide) groups is 1. The minimum Gasteiger partial charge on any atom is -0.493 e. The summed E-state index contributed by atoms with van der Waals surface area (Å²) in [6, 6.07) is 6.01. The van der Waals surface area contributed by atoms with Gasteiger partial charge in [-0.3, -0.25) is 4.79 Å². The molecule has 0 saturated heterocycles. The van der Waals surface area contributed by atoms with E-state index in [1.165, 1.54) is 6.42 Å². The van der Waals surface area contributed by atoms with Gasteiger partial charge in [0.2, 0.25) is 5.91 Å². The molecule has 0 fully saturated rings. The van der Waals surface area contributed by atoms with Crippen molar-refractivity contribution < 1.29 is 9.53 Å². The summed E-state index contributed by atoms with van der Waals surface area (Å²) in [5.41, 5.74) is 1.06. The summed E-state index contributed by atoms with van der Waals surface area (Å²) in [6.45, 7) is 4.80. The van der Waals surface area contributed by atoms with Crippen molar-refractivity contribution in [3.63, 3.8) is 0 Å². The summed E-state index contributed by atoms with van der Waals surface area (Å²) in [7, 11) is 0. The molecule has 1 N–H and O–H groups in total. The third kappa shape index (κ3) is 4.65. The van der Waals surface area contributed by atoms with Gasteiger partial charge in [-0.05, 0) is 37.3 Å². The monoisotopic (exact) mass is 371 g/mol. The summed E-state index contributed by atoms with van der Waals surface area (Å²) in [5, 5.41) is 3.16. The predicted molar refractivity (Wildman–Crippen MR) is 92.0 cm³/mol. The van der Waals surface area contributed by atoms with Crippen molar-refractivity contribution in [2.75, 3.05) is 12.4 Å². The molecule has 2 unspecified atom stereocenters. The van der Waals surface area contributed by atoms with Gasteiger partial charge in [-0.2, -0.15) is 0 Å². The van der Waals surface area contributed by atoms with Crippen molar-refractivity contribution in [2.24, 2.45) is 0 Å². The number of fused-ring (bicyclic) bond motifs is 1. The SMILES string of the molecule is CCCCSC(C)C(=O)NC1CCOc2ccc(Br)cc21. The Balaban J connectivity index is 1.97. The van der Waals surface area contributed by atoms with E-state index in [1.807, 2.05) is 25.1 Å². The molecular formula is C16H22BrNO2S. The van der Waals surface area contributed by atoms with Crippen molar-refractivity contribution in [3.8, 4) is 5.75 Å². The van der Waals surface area contributed by atoms with Crippen LogP contribution in [0.3, 0.4) is 0 Å². The van der Waals surface area contributed by atoms with Crippen LogP contribution in [0.5, 0.6) is 5.75 Å². The van der Waals surface area contributed by atoms with E-state index in [4.69, 9.17) is 4.74 Å². The number of nitrogens with one attached hydrogen (secondary N) is 1. The molecule has 2 rings (SSSR count). The number of halogens is 1. The lowest BCUT2D eigenvalue weighted by molar-refractivity contribution is -0.121. The molecule has 1 aliphatic rings. The van der Waals surface area contributed by atoms with Crippen LogP contribution in [0.1, 0.15) is 44.7 Å². The fraction of sp³-hybridized carbons (Fsp3) is 0.562. The topological polar surface area (TPSA) is 38.3 Å². The van der Waals surface area contributed by atoms with E-state index in [2.05, 4.69) is 28.2 Å². The van der Waals surface area contributed by atoms with E-state index in [0.29, 0.717) is 6.61 Å². The standard InChI is InChI=1S/C16H22BrNO2S/c1-3-4-9-21-11(2)16(19)18-14-7-8-20-15-6-5-12(17)10-13(14)15/h5-6,10-11,14H,3-4,7-9H2,1-2H3,(H,18,19). The van der Waals surface area contributed by atoms with Crippen molar-refractivity contribution in [1.82, 2.24) is 5.32 Å². The average Bonchev–Trinajstić information content (AvgIpc) is 2.48. The van der Waals surface area contributed by atoms with E-state index in [9.17, 15) is 4.79 Å². The number of hydrogen-bond donors (Lipinski definition) is 1. The molecule has 0 radical (unpaired) electrons. The summed E-state index contributed by atoms with van der Waals surface area (Å²) >= 11 is 5.21. The van der Waals surface area contributed by atoms with Gasteiger partial charge in [-0.1, -0.05) is 29.3 Å². The zero-order chi connectivity index (χ0) is 15.2. The highest BCUT2D eigenvalue weighted by Crippen LogP contribution is 2.34. The molecule has 1 heterocycles. The van der Waals surface area contributed by atoms with E-state index in [0.717, 1.165) is 34.4 Å². The molecule has 0 saturated carbocycles. The fourth-order valence-corrected chi connectivity index (χ4v) is 3.69. The molecule has 1 amide bonds. The molecular weight excluding hydrogens is 350 g/mol. The number of amides is 1. The van der Waals surface area contributed by atoms with Crippen molar-refractivity contribution in [1.29, 1.82) is 0 Å². The van der Waals surface area contributed by atoms with Crippen LogP contribution in [-0.4, -0.2) is 23.5 Å². The number of carbonyl (C=O) groups excluding carboxylic acids is 1. The third-order valence-electron chi connectivity index (χ3n) is 3.56. The van der Waals surface area contributed by atoms with E-state index < -0.39 is 0 Å². The molecule has 0 spiro atoms. The lowest BCUT2D eigenvalue weighted by Gasteiger charge is -2.28. The van der Waals surface area contributed by atoms with Gasteiger partial charge in [0.1, 0.15) is 5.75 Å². The van der Waals surface area contributed by atoms with Crippen LogP contribution in [0.15, 0.2) is 22.7 Å². The lowest BCUT2D eigenvalue weighted by atomic mass is 10.0. The highest BCUT2D eigenvalue weighted by molar-refractivity contribution is 9.10. The number of carbonyl (C=O) groups is 1. The zero-order valence-corrected chi connectivity index (χ0v) is 14.9. The summed E-state index contributed by atoms with van der Waals surface area (Å²) < 4.78 is 6.66. The lowest BCUT2D eigenvalue weighted by Crippen LogP contribution is -2.36. The number of unbranched alkanes of at least 4 members (excludes halogenated alkanes) is 1. The van der Waals surface area contributed by atoms with Crippen LogP contribution in [0.4, 0.5) is 0 Å². The molecule has 3 nitrogen and oxygen atoms in total. The van der Waals surface area contributed by atoms with Crippen LogP contribution in [0.2, 0.25) is 0 Å². The van der Waals surface area contributed by atoms with Gasteiger partial charge in [0, 0.05) is 16.5 Å². The Morgan fingerprint density at radius 3 is 3.14 bits per heavy atom. The smallest absolute Gasteiger partial charge is 0.233 e. The van der Waals surface area contributed by atoms with Gasteiger partial charge < -0.3 is 10.1 Å². The molecule has 1 aromatic carbocycles. The Bertz CT molecular complexity index is 495. The first-order chi connectivity index (χ1) is 10.1. The van der Waals surface area contributed by atoms with E-state index in [1.54, 1.807) is 11.8 Å². The van der Waals surface area contributed by atoms with Crippen LogP contribution in [0, 0.1) is 0 Å². The molecule has 2 atom stereocenters. The fourth-order valence-electron chi connectivity index (χ4n) is 2.28. The van der Waals surface area contributed by atoms with Gasteiger partial charge in [0.25, 0.3) is 0 Å². The Kier molecular flexibility index (Phi) is 6.42. The van der Waals surface area contributed by atoms with Crippen molar-refractivity contribution >= 4 is 33.6 Å². The maximum Gasteiger partial charge on any atom is 0.233 e. The Morgan fingerprint density at radius 1 is 1.57 bits per heavy atom. The molecule has 21 heavy (non-hydrogen) atoms. The molecule has 0 aromatic heterocycles. The molecule has 5 heteroatoms. The maximum absolute atomic E-state index is 12.3. The van der Waals surface area contributed by atoms with Gasteiger partial charge >= 0.3 is 0 Å². The third-order valence-corrected chi connectivity index (χ3v) is 5.29. The second kappa shape index (κ2) is 8.08. The minimum absolute atomic E-state index is 0.00463. The van der Waals surface area contributed by atoms with Crippen LogP contribution in [0.25, 0.3) is 0 Å². The largest absolute Gasteiger partial charge is 0.493 e. The first-order valence-corrected chi connectivity index (χ1v) is 9.30.